The van der Waals surface area contributed by atoms with Crippen molar-refractivity contribution < 1.29 is 9.47 Å². The molecule has 0 spiro atoms. The number of hydrogen-bond donors (Lipinski definition) is 2. The van der Waals surface area contributed by atoms with E-state index in [2.05, 4.69) is 5.32 Å². The number of nitrogens with two attached hydrogens (primary N) is 1. The lowest BCUT2D eigenvalue weighted by Gasteiger charge is -2.13. The average Bonchev–Trinajstić information content (AvgIpc) is 3.12. The Morgan fingerprint density at radius 1 is 1.28 bits per heavy atom. The number of methoxy groups -OCH3 is 2. The van der Waals surface area contributed by atoms with Crippen molar-refractivity contribution in [3.05, 3.63) is 23.8 Å². The van der Waals surface area contributed by atoms with Crippen LogP contribution >= 0.6 is 0 Å². The van der Waals surface area contributed by atoms with Gasteiger partial charge in [-0.3, -0.25) is 0 Å². The maximum Gasteiger partial charge on any atom is 0.122 e. The molecule has 0 amide bonds. The lowest BCUT2D eigenvalue weighted by Crippen LogP contribution is -2.36. The number of nitrogens with one attached hydrogen (secondary N) is 1. The zero-order valence-electron chi connectivity index (χ0n) is 11.2. The van der Waals surface area contributed by atoms with Crippen LogP contribution in [0.2, 0.25) is 0 Å². The van der Waals surface area contributed by atoms with Crippen molar-refractivity contribution in [2.45, 2.75) is 24.8 Å². The van der Waals surface area contributed by atoms with Crippen LogP contribution in [0.15, 0.2) is 18.2 Å². The normalized spacial score (nSPS) is 16.4. The number of hydrogen-bond acceptors (Lipinski definition) is 4. The van der Waals surface area contributed by atoms with Crippen molar-refractivity contribution in [1.29, 1.82) is 0 Å². The van der Waals surface area contributed by atoms with Crippen LogP contribution in [0.25, 0.3) is 0 Å². The van der Waals surface area contributed by atoms with Gasteiger partial charge in [0, 0.05) is 12.1 Å². The first-order valence-electron chi connectivity index (χ1n) is 6.37. The highest BCUT2D eigenvalue weighted by atomic mass is 16.5. The third-order valence-corrected chi connectivity index (χ3v) is 3.43. The lowest BCUT2D eigenvalue weighted by molar-refractivity contribution is 0.398. The molecule has 2 rings (SSSR count). The van der Waals surface area contributed by atoms with Crippen molar-refractivity contribution in [1.82, 2.24) is 5.32 Å². The van der Waals surface area contributed by atoms with Crippen LogP contribution in [0.5, 0.6) is 11.5 Å². The van der Waals surface area contributed by atoms with E-state index in [1.165, 1.54) is 0 Å². The third-order valence-electron chi connectivity index (χ3n) is 3.43. The molecule has 0 aromatic heterocycles. The highest BCUT2D eigenvalue weighted by molar-refractivity contribution is 5.40. The van der Waals surface area contributed by atoms with Crippen molar-refractivity contribution in [3.63, 3.8) is 0 Å². The fourth-order valence-electron chi connectivity index (χ4n) is 1.98. The van der Waals surface area contributed by atoms with E-state index in [-0.39, 0.29) is 5.54 Å². The van der Waals surface area contributed by atoms with Crippen LogP contribution in [0.1, 0.15) is 18.4 Å². The number of benzene rings is 1. The number of ether oxygens (including phenoxy) is 2. The van der Waals surface area contributed by atoms with Gasteiger partial charge in [0.25, 0.3) is 0 Å². The summed E-state index contributed by atoms with van der Waals surface area (Å²) in [5, 5.41) is 3.40. The molecule has 0 aliphatic heterocycles. The maximum absolute atomic E-state index is 6.02. The van der Waals surface area contributed by atoms with E-state index in [4.69, 9.17) is 15.2 Å². The van der Waals surface area contributed by atoms with Crippen molar-refractivity contribution in [2.75, 3.05) is 27.3 Å². The third kappa shape index (κ3) is 3.37. The average molecular weight is 250 g/mol. The zero-order chi connectivity index (χ0) is 13.0. The molecule has 0 heterocycles. The van der Waals surface area contributed by atoms with Gasteiger partial charge in [0.05, 0.1) is 14.2 Å². The molecule has 1 aromatic rings. The first-order chi connectivity index (χ1) is 8.67. The molecule has 0 bridgehead atoms. The van der Waals surface area contributed by atoms with E-state index >= 15 is 0 Å². The molecular weight excluding hydrogens is 228 g/mol. The Hall–Kier alpha value is -1.26. The summed E-state index contributed by atoms with van der Waals surface area (Å²) in [6.07, 6.45) is 3.20. The molecule has 1 aromatic carbocycles. The molecule has 1 aliphatic rings. The van der Waals surface area contributed by atoms with E-state index in [1.54, 1.807) is 14.2 Å². The molecule has 1 saturated carbocycles. The van der Waals surface area contributed by atoms with Gasteiger partial charge in [-0.1, -0.05) is 0 Å². The van der Waals surface area contributed by atoms with Crippen LogP contribution in [0, 0.1) is 0 Å². The monoisotopic (exact) mass is 250 g/mol. The van der Waals surface area contributed by atoms with E-state index in [0.29, 0.717) is 0 Å². The van der Waals surface area contributed by atoms with Crippen LogP contribution in [0.3, 0.4) is 0 Å². The molecule has 100 valence electrons. The van der Waals surface area contributed by atoms with E-state index < -0.39 is 0 Å². The topological polar surface area (TPSA) is 56.5 Å². The molecule has 0 saturated heterocycles. The second-order valence-electron chi connectivity index (χ2n) is 4.97. The first-order valence-corrected chi connectivity index (χ1v) is 6.37. The minimum absolute atomic E-state index is 0.0679. The predicted molar refractivity (Wildman–Crippen MR) is 72.3 cm³/mol. The standard InChI is InChI=1S/C14H22N2O2/c1-17-12-3-4-13(18-2)11(9-12)5-8-16-10-14(15)6-7-14/h3-4,9,16H,5-8,10,15H2,1-2H3. The Labute approximate surface area is 108 Å². The fourth-order valence-corrected chi connectivity index (χ4v) is 1.98. The lowest BCUT2D eigenvalue weighted by atomic mass is 10.1. The molecule has 4 nitrogen and oxygen atoms in total. The summed E-state index contributed by atoms with van der Waals surface area (Å²) in [6.45, 7) is 1.81. The summed E-state index contributed by atoms with van der Waals surface area (Å²) < 4.78 is 10.6. The molecule has 18 heavy (non-hydrogen) atoms. The summed E-state index contributed by atoms with van der Waals surface area (Å²) in [5.41, 5.74) is 7.25. The summed E-state index contributed by atoms with van der Waals surface area (Å²) in [6, 6.07) is 5.88. The van der Waals surface area contributed by atoms with Gasteiger partial charge in [0.15, 0.2) is 0 Å². The molecule has 0 atom stereocenters. The van der Waals surface area contributed by atoms with Gasteiger partial charge in [-0.15, -0.1) is 0 Å². The van der Waals surface area contributed by atoms with Crippen molar-refractivity contribution in [3.8, 4) is 11.5 Å². The van der Waals surface area contributed by atoms with Crippen LogP contribution in [-0.4, -0.2) is 32.8 Å². The van der Waals surface area contributed by atoms with Crippen molar-refractivity contribution in [2.24, 2.45) is 5.73 Å². The molecule has 0 radical (unpaired) electrons. The van der Waals surface area contributed by atoms with Gasteiger partial charge in [-0.05, 0) is 49.6 Å². The Bertz CT molecular complexity index is 403. The molecular formula is C14H22N2O2. The van der Waals surface area contributed by atoms with E-state index in [9.17, 15) is 0 Å². The van der Waals surface area contributed by atoms with Gasteiger partial charge >= 0.3 is 0 Å². The first kappa shape index (κ1) is 13.2. The predicted octanol–water partition coefficient (Wildman–Crippen LogP) is 1.33. The van der Waals surface area contributed by atoms with E-state index in [0.717, 1.165) is 49.4 Å². The molecule has 3 N–H and O–H groups in total. The Morgan fingerprint density at radius 2 is 2.06 bits per heavy atom. The Balaban J connectivity index is 1.86. The fraction of sp³-hybridized carbons (Fsp3) is 0.571. The maximum atomic E-state index is 6.02. The molecule has 0 unspecified atom stereocenters. The van der Waals surface area contributed by atoms with Gasteiger partial charge < -0.3 is 20.5 Å². The summed E-state index contributed by atoms with van der Waals surface area (Å²) >= 11 is 0. The smallest absolute Gasteiger partial charge is 0.122 e. The Kier molecular flexibility index (Phi) is 4.09. The quantitative estimate of drug-likeness (QED) is 0.717. The van der Waals surface area contributed by atoms with Gasteiger partial charge in [-0.2, -0.15) is 0 Å². The van der Waals surface area contributed by atoms with E-state index in [1.807, 2.05) is 18.2 Å². The summed E-state index contributed by atoms with van der Waals surface area (Å²) in [7, 11) is 3.37. The second kappa shape index (κ2) is 5.59. The highest BCUT2D eigenvalue weighted by Gasteiger charge is 2.37. The highest BCUT2D eigenvalue weighted by Crippen LogP contribution is 2.31. The molecule has 1 fully saturated rings. The molecule has 4 heteroatoms. The van der Waals surface area contributed by atoms with Crippen LogP contribution in [0.4, 0.5) is 0 Å². The van der Waals surface area contributed by atoms with Crippen LogP contribution < -0.4 is 20.5 Å². The van der Waals surface area contributed by atoms with Gasteiger partial charge in [0.1, 0.15) is 11.5 Å². The minimum Gasteiger partial charge on any atom is -0.497 e. The Morgan fingerprint density at radius 3 is 2.67 bits per heavy atom. The van der Waals surface area contributed by atoms with Gasteiger partial charge in [0.2, 0.25) is 0 Å². The second-order valence-corrected chi connectivity index (χ2v) is 4.97. The minimum atomic E-state index is 0.0679. The van der Waals surface area contributed by atoms with Crippen molar-refractivity contribution >= 4 is 0 Å². The molecule has 1 aliphatic carbocycles. The SMILES string of the molecule is COc1ccc(OC)c(CCNCC2(N)CC2)c1. The zero-order valence-corrected chi connectivity index (χ0v) is 11.2. The van der Waals surface area contributed by atoms with Gasteiger partial charge in [-0.25, -0.2) is 0 Å². The summed E-state index contributed by atoms with van der Waals surface area (Å²) in [5.74, 6) is 1.77. The van der Waals surface area contributed by atoms with Crippen LogP contribution in [-0.2, 0) is 6.42 Å². The largest absolute Gasteiger partial charge is 0.497 e. The number of rotatable bonds is 7. The summed E-state index contributed by atoms with van der Waals surface area (Å²) in [4.78, 5) is 0.